The summed E-state index contributed by atoms with van der Waals surface area (Å²) in [5, 5.41) is 12.3. The van der Waals surface area contributed by atoms with Gasteiger partial charge in [-0.25, -0.2) is 9.59 Å². The third-order valence-electron chi connectivity index (χ3n) is 3.46. The summed E-state index contributed by atoms with van der Waals surface area (Å²) in [5.41, 5.74) is 0.326. The highest BCUT2D eigenvalue weighted by Crippen LogP contribution is 2.24. The molecule has 2 aromatic carbocycles. The molecule has 0 saturated carbocycles. The fourth-order valence-electron chi connectivity index (χ4n) is 2.19. The zero-order valence-electron chi connectivity index (χ0n) is 14.9. The fraction of sp³-hybridized carbons (Fsp3) is 0.211. The molecule has 142 valence electrons. The van der Waals surface area contributed by atoms with Gasteiger partial charge in [-0.2, -0.15) is 0 Å². The number of carbonyl (C=O) groups excluding carboxylic acids is 3. The molecule has 2 N–H and O–H groups in total. The molecule has 0 spiro atoms. The molecule has 0 bridgehead atoms. The number of aromatic hydroxyl groups is 1. The normalized spacial score (nSPS) is 10.0. The van der Waals surface area contributed by atoms with Gasteiger partial charge in [-0.1, -0.05) is 12.1 Å². The summed E-state index contributed by atoms with van der Waals surface area (Å²) in [4.78, 5) is 35.9. The Balaban J connectivity index is 1.99. The zero-order chi connectivity index (χ0) is 19.8. The minimum Gasteiger partial charge on any atom is -0.507 e. The van der Waals surface area contributed by atoms with E-state index in [2.05, 4.69) is 5.32 Å². The Bertz CT molecular complexity index is 848. The van der Waals surface area contributed by atoms with E-state index in [1.165, 1.54) is 37.4 Å². The summed E-state index contributed by atoms with van der Waals surface area (Å²) in [6, 6.07) is 10.4. The Morgan fingerprint density at radius 3 is 2.37 bits per heavy atom. The number of phenolic OH excluding ortho intramolecular Hbond substituents is 1. The average Bonchev–Trinajstić information content (AvgIpc) is 2.66. The van der Waals surface area contributed by atoms with Crippen LogP contribution in [0.4, 0.5) is 5.69 Å². The smallest absolute Gasteiger partial charge is 0.342 e. The van der Waals surface area contributed by atoms with Crippen molar-refractivity contribution in [2.24, 2.45) is 0 Å². The number of nitrogens with one attached hydrogen (secondary N) is 1. The van der Waals surface area contributed by atoms with E-state index >= 15 is 0 Å². The maximum absolute atomic E-state index is 12.0. The van der Waals surface area contributed by atoms with Crippen molar-refractivity contribution >= 4 is 23.5 Å². The van der Waals surface area contributed by atoms with Crippen LogP contribution in [0.1, 0.15) is 27.6 Å². The third-order valence-corrected chi connectivity index (χ3v) is 3.46. The van der Waals surface area contributed by atoms with Crippen LogP contribution in [0.25, 0.3) is 0 Å². The fourth-order valence-corrected chi connectivity index (χ4v) is 2.19. The predicted octanol–water partition coefficient (Wildman–Crippen LogP) is 2.37. The Morgan fingerprint density at radius 2 is 1.70 bits per heavy atom. The highest BCUT2D eigenvalue weighted by atomic mass is 16.5. The second-order valence-corrected chi connectivity index (χ2v) is 5.27. The zero-order valence-corrected chi connectivity index (χ0v) is 14.9. The number of anilines is 1. The van der Waals surface area contributed by atoms with E-state index in [0.717, 1.165) is 0 Å². The van der Waals surface area contributed by atoms with Crippen LogP contribution >= 0.6 is 0 Å². The van der Waals surface area contributed by atoms with Crippen molar-refractivity contribution in [2.75, 3.05) is 25.6 Å². The molecule has 0 heterocycles. The van der Waals surface area contributed by atoms with Crippen LogP contribution in [0.5, 0.6) is 11.5 Å². The molecule has 2 rings (SSSR count). The number of rotatable bonds is 7. The third kappa shape index (κ3) is 5.21. The largest absolute Gasteiger partial charge is 0.507 e. The summed E-state index contributed by atoms with van der Waals surface area (Å²) in [5.74, 6) is -2.05. The lowest BCUT2D eigenvalue weighted by Gasteiger charge is -2.11. The monoisotopic (exact) mass is 373 g/mol. The molecule has 0 fully saturated rings. The maximum atomic E-state index is 12.0. The molecule has 0 aliphatic rings. The standard InChI is InChI=1S/C19H19NO7/c1-3-26-18(23)13-6-4-5-7-15(13)20-17(22)11-27-19(24)14-9-8-12(25-2)10-16(14)21/h4-10,21H,3,11H2,1-2H3,(H,20,22). The van der Waals surface area contributed by atoms with E-state index in [4.69, 9.17) is 14.2 Å². The molecular weight excluding hydrogens is 354 g/mol. The van der Waals surface area contributed by atoms with Gasteiger partial charge >= 0.3 is 11.9 Å². The van der Waals surface area contributed by atoms with Gasteiger partial charge in [-0.3, -0.25) is 4.79 Å². The van der Waals surface area contributed by atoms with Crippen molar-refractivity contribution < 1.29 is 33.7 Å². The van der Waals surface area contributed by atoms with Gasteiger partial charge in [-0.15, -0.1) is 0 Å². The number of phenols is 1. The lowest BCUT2D eigenvalue weighted by molar-refractivity contribution is -0.119. The second kappa shape index (κ2) is 9.23. The first-order valence-corrected chi connectivity index (χ1v) is 8.06. The molecule has 27 heavy (non-hydrogen) atoms. The highest BCUT2D eigenvalue weighted by molar-refractivity contribution is 6.02. The van der Waals surface area contributed by atoms with Crippen molar-refractivity contribution in [2.45, 2.75) is 6.92 Å². The first-order valence-electron chi connectivity index (χ1n) is 8.06. The molecule has 0 unspecified atom stereocenters. The molecule has 8 heteroatoms. The topological polar surface area (TPSA) is 111 Å². The number of esters is 2. The van der Waals surface area contributed by atoms with Crippen LogP contribution in [-0.2, 0) is 14.3 Å². The van der Waals surface area contributed by atoms with E-state index < -0.39 is 24.5 Å². The molecular formula is C19H19NO7. The molecule has 1 amide bonds. The Hall–Kier alpha value is -3.55. The van der Waals surface area contributed by atoms with Gasteiger partial charge in [-0.05, 0) is 31.2 Å². The van der Waals surface area contributed by atoms with Crippen LogP contribution in [0, 0.1) is 0 Å². The molecule has 8 nitrogen and oxygen atoms in total. The number of hydrogen-bond donors (Lipinski definition) is 2. The first kappa shape index (κ1) is 19.8. The van der Waals surface area contributed by atoms with Crippen molar-refractivity contribution in [3.8, 4) is 11.5 Å². The maximum Gasteiger partial charge on any atom is 0.342 e. The van der Waals surface area contributed by atoms with Gasteiger partial charge in [0.05, 0.1) is 25.0 Å². The van der Waals surface area contributed by atoms with E-state index in [0.29, 0.717) is 5.75 Å². The summed E-state index contributed by atoms with van der Waals surface area (Å²) in [7, 11) is 1.42. The van der Waals surface area contributed by atoms with Gasteiger partial charge in [0.1, 0.15) is 17.1 Å². The van der Waals surface area contributed by atoms with Crippen LogP contribution in [0.15, 0.2) is 42.5 Å². The first-order chi connectivity index (χ1) is 13.0. The number of para-hydroxylation sites is 1. The van der Waals surface area contributed by atoms with E-state index in [9.17, 15) is 19.5 Å². The molecule has 0 saturated heterocycles. The highest BCUT2D eigenvalue weighted by Gasteiger charge is 2.17. The van der Waals surface area contributed by atoms with E-state index in [-0.39, 0.29) is 29.2 Å². The second-order valence-electron chi connectivity index (χ2n) is 5.27. The van der Waals surface area contributed by atoms with Gasteiger partial charge in [0, 0.05) is 6.07 Å². The molecule has 0 aliphatic heterocycles. The number of ether oxygens (including phenoxy) is 3. The van der Waals surface area contributed by atoms with Crippen LogP contribution < -0.4 is 10.1 Å². The molecule has 2 aromatic rings. The Kier molecular flexibility index (Phi) is 6.76. The molecule has 0 aromatic heterocycles. The molecule has 0 radical (unpaired) electrons. The van der Waals surface area contributed by atoms with Crippen LogP contribution in [0.3, 0.4) is 0 Å². The van der Waals surface area contributed by atoms with Gasteiger partial charge in [0.2, 0.25) is 0 Å². The lowest BCUT2D eigenvalue weighted by Crippen LogP contribution is -2.22. The van der Waals surface area contributed by atoms with Crippen LogP contribution in [0.2, 0.25) is 0 Å². The number of carbonyl (C=O) groups is 3. The number of hydrogen-bond acceptors (Lipinski definition) is 7. The van der Waals surface area contributed by atoms with Gasteiger partial charge in [0.25, 0.3) is 5.91 Å². The summed E-state index contributed by atoms with van der Waals surface area (Å²) in [6.07, 6.45) is 0. The van der Waals surface area contributed by atoms with E-state index in [1.54, 1.807) is 19.1 Å². The van der Waals surface area contributed by atoms with Crippen molar-refractivity contribution in [1.29, 1.82) is 0 Å². The number of amides is 1. The van der Waals surface area contributed by atoms with Crippen molar-refractivity contribution in [1.82, 2.24) is 0 Å². The van der Waals surface area contributed by atoms with Gasteiger partial charge in [0.15, 0.2) is 6.61 Å². The van der Waals surface area contributed by atoms with Gasteiger partial charge < -0.3 is 24.6 Å². The summed E-state index contributed by atoms with van der Waals surface area (Å²) >= 11 is 0. The number of methoxy groups -OCH3 is 1. The molecule has 0 atom stereocenters. The minimum atomic E-state index is -0.871. The van der Waals surface area contributed by atoms with Crippen molar-refractivity contribution in [3.05, 3.63) is 53.6 Å². The SMILES string of the molecule is CCOC(=O)c1ccccc1NC(=O)COC(=O)c1ccc(OC)cc1O. The number of benzene rings is 2. The van der Waals surface area contributed by atoms with E-state index in [1.807, 2.05) is 0 Å². The quantitative estimate of drug-likeness (QED) is 0.717. The Morgan fingerprint density at radius 1 is 1.00 bits per heavy atom. The summed E-state index contributed by atoms with van der Waals surface area (Å²) < 4.78 is 14.7. The van der Waals surface area contributed by atoms with Crippen molar-refractivity contribution in [3.63, 3.8) is 0 Å². The predicted molar refractivity (Wildman–Crippen MR) is 96.0 cm³/mol. The summed E-state index contributed by atoms with van der Waals surface area (Å²) in [6.45, 7) is 1.28. The molecule has 0 aliphatic carbocycles. The van der Waals surface area contributed by atoms with Crippen LogP contribution in [-0.4, -0.2) is 43.3 Å². The lowest BCUT2D eigenvalue weighted by atomic mass is 10.2. The minimum absolute atomic E-state index is 0.101. The average molecular weight is 373 g/mol. The Labute approximate surface area is 155 Å².